The van der Waals surface area contributed by atoms with Crippen molar-refractivity contribution in [2.45, 2.75) is 33.1 Å². The van der Waals surface area contributed by atoms with Crippen LogP contribution in [-0.4, -0.2) is 30.4 Å². The normalized spacial score (nSPS) is 21.8. The molecule has 1 aliphatic heterocycles. The van der Waals surface area contributed by atoms with E-state index < -0.39 is 0 Å². The predicted molar refractivity (Wildman–Crippen MR) is 62.8 cm³/mol. The zero-order valence-electron chi connectivity index (χ0n) is 10.1. The van der Waals surface area contributed by atoms with Gasteiger partial charge in [-0.25, -0.2) is 0 Å². The molecular formula is C11H20N4O. The molecular weight excluding hydrogens is 204 g/mol. The molecule has 0 N–H and O–H groups in total. The Kier molecular flexibility index (Phi) is 5.12. The maximum atomic E-state index is 11.8. The SMILES string of the molecule is CC(C)C1CCC(=O)N(CCN=[N+]=[N-])CC1. The molecule has 16 heavy (non-hydrogen) atoms. The van der Waals surface area contributed by atoms with Gasteiger partial charge in [0, 0.05) is 31.0 Å². The quantitative estimate of drug-likeness (QED) is 0.411. The summed E-state index contributed by atoms with van der Waals surface area (Å²) < 4.78 is 0. The standard InChI is InChI=1S/C11H20N4O/c1-9(2)10-3-4-11(16)15(7-5-10)8-6-13-14-12/h9-10H,3-8H2,1-2H3. The summed E-state index contributed by atoms with van der Waals surface area (Å²) in [6.45, 7) is 6.18. The van der Waals surface area contributed by atoms with Gasteiger partial charge in [-0.2, -0.15) is 0 Å². The van der Waals surface area contributed by atoms with Gasteiger partial charge >= 0.3 is 0 Å². The minimum Gasteiger partial charge on any atom is -0.343 e. The fourth-order valence-electron chi connectivity index (χ4n) is 2.17. The van der Waals surface area contributed by atoms with E-state index in [4.69, 9.17) is 5.53 Å². The van der Waals surface area contributed by atoms with Crippen LogP contribution >= 0.6 is 0 Å². The lowest BCUT2D eigenvalue weighted by Gasteiger charge is -2.20. The molecule has 0 saturated carbocycles. The van der Waals surface area contributed by atoms with Crippen molar-refractivity contribution in [3.8, 4) is 0 Å². The van der Waals surface area contributed by atoms with Crippen molar-refractivity contribution in [2.24, 2.45) is 17.0 Å². The highest BCUT2D eigenvalue weighted by molar-refractivity contribution is 5.76. The van der Waals surface area contributed by atoms with Crippen LogP contribution in [0.3, 0.4) is 0 Å². The molecule has 5 nitrogen and oxygen atoms in total. The molecule has 1 aliphatic rings. The Morgan fingerprint density at radius 2 is 2.31 bits per heavy atom. The molecule has 0 bridgehead atoms. The monoisotopic (exact) mass is 224 g/mol. The van der Waals surface area contributed by atoms with Crippen LogP contribution in [-0.2, 0) is 4.79 Å². The van der Waals surface area contributed by atoms with Gasteiger partial charge in [-0.15, -0.1) is 0 Å². The molecule has 0 spiro atoms. The largest absolute Gasteiger partial charge is 0.343 e. The molecule has 5 heteroatoms. The van der Waals surface area contributed by atoms with E-state index in [1.54, 1.807) is 0 Å². The second-order valence-electron chi connectivity index (χ2n) is 4.67. The lowest BCUT2D eigenvalue weighted by Crippen LogP contribution is -2.32. The van der Waals surface area contributed by atoms with Gasteiger partial charge in [-0.3, -0.25) is 4.79 Å². The number of carbonyl (C=O) groups is 1. The topological polar surface area (TPSA) is 69.1 Å². The van der Waals surface area contributed by atoms with Crippen LogP contribution in [0.2, 0.25) is 0 Å². The van der Waals surface area contributed by atoms with Crippen molar-refractivity contribution >= 4 is 5.91 Å². The van der Waals surface area contributed by atoms with Gasteiger partial charge in [0.15, 0.2) is 0 Å². The summed E-state index contributed by atoms with van der Waals surface area (Å²) in [4.78, 5) is 16.3. The lowest BCUT2D eigenvalue weighted by molar-refractivity contribution is -0.130. The van der Waals surface area contributed by atoms with Gasteiger partial charge in [0.2, 0.25) is 5.91 Å². The maximum Gasteiger partial charge on any atom is 0.222 e. The van der Waals surface area contributed by atoms with Gasteiger partial charge in [-0.1, -0.05) is 19.0 Å². The van der Waals surface area contributed by atoms with E-state index in [2.05, 4.69) is 23.9 Å². The highest BCUT2D eigenvalue weighted by atomic mass is 16.2. The highest BCUT2D eigenvalue weighted by Gasteiger charge is 2.23. The number of azide groups is 1. The van der Waals surface area contributed by atoms with Gasteiger partial charge in [0.25, 0.3) is 0 Å². The molecule has 0 radical (unpaired) electrons. The molecule has 0 aromatic rings. The van der Waals surface area contributed by atoms with Crippen LogP contribution in [0.15, 0.2) is 5.11 Å². The average molecular weight is 224 g/mol. The van der Waals surface area contributed by atoms with Crippen LogP contribution in [0, 0.1) is 11.8 Å². The molecule has 0 aromatic heterocycles. The summed E-state index contributed by atoms with van der Waals surface area (Å²) in [5.74, 6) is 1.49. The number of nitrogens with zero attached hydrogens (tertiary/aromatic N) is 4. The molecule has 1 saturated heterocycles. The summed E-state index contributed by atoms with van der Waals surface area (Å²) in [6, 6.07) is 0. The Hall–Kier alpha value is -1.22. The Morgan fingerprint density at radius 3 is 2.94 bits per heavy atom. The van der Waals surface area contributed by atoms with E-state index >= 15 is 0 Å². The summed E-state index contributed by atoms with van der Waals surface area (Å²) in [5.41, 5.74) is 8.19. The zero-order valence-corrected chi connectivity index (χ0v) is 10.1. The third-order valence-corrected chi connectivity index (χ3v) is 3.33. The summed E-state index contributed by atoms with van der Waals surface area (Å²) in [7, 11) is 0. The Bertz CT molecular complexity index is 284. The van der Waals surface area contributed by atoms with Crippen LogP contribution in [0.1, 0.15) is 33.1 Å². The van der Waals surface area contributed by atoms with Crippen molar-refractivity contribution in [3.05, 3.63) is 10.4 Å². The molecule has 1 amide bonds. The molecule has 90 valence electrons. The van der Waals surface area contributed by atoms with Crippen LogP contribution in [0.25, 0.3) is 10.4 Å². The minimum atomic E-state index is 0.205. The lowest BCUT2D eigenvalue weighted by atomic mass is 9.89. The predicted octanol–water partition coefficient (Wildman–Crippen LogP) is 2.58. The Labute approximate surface area is 96.4 Å². The van der Waals surface area contributed by atoms with Gasteiger partial charge in [0.05, 0.1) is 0 Å². The smallest absolute Gasteiger partial charge is 0.222 e. The van der Waals surface area contributed by atoms with Crippen molar-refractivity contribution in [3.63, 3.8) is 0 Å². The second kappa shape index (κ2) is 6.38. The first-order valence-corrected chi connectivity index (χ1v) is 5.93. The molecule has 1 rings (SSSR count). The van der Waals surface area contributed by atoms with E-state index in [0.29, 0.717) is 31.3 Å². The fourth-order valence-corrected chi connectivity index (χ4v) is 2.17. The number of hydrogen-bond donors (Lipinski definition) is 0. The van der Waals surface area contributed by atoms with Crippen LogP contribution < -0.4 is 0 Å². The number of carbonyl (C=O) groups excluding carboxylic acids is 1. The highest BCUT2D eigenvalue weighted by Crippen LogP contribution is 2.24. The third-order valence-electron chi connectivity index (χ3n) is 3.33. The van der Waals surface area contributed by atoms with E-state index in [0.717, 1.165) is 19.4 Å². The molecule has 1 heterocycles. The third kappa shape index (κ3) is 3.74. The van der Waals surface area contributed by atoms with E-state index in [1.165, 1.54) is 0 Å². The van der Waals surface area contributed by atoms with Crippen molar-refractivity contribution < 1.29 is 4.79 Å². The van der Waals surface area contributed by atoms with E-state index in [1.807, 2.05) is 4.90 Å². The summed E-state index contributed by atoms with van der Waals surface area (Å²) in [6.07, 6.45) is 2.70. The molecule has 0 aliphatic carbocycles. The van der Waals surface area contributed by atoms with Crippen LogP contribution in [0.4, 0.5) is 0 Å². The van der Waals surface area contributed by atoms with Crippen molar-refractivity contribution in [1.82, 2.24) is 4.90 Å². The second-order valence-corrected chi connectivity index (χ2v) is 4.67. The molecule has 1 atom stereocenters. The number of likely N-dealkylation sites (tertiary alicyclic amines) is 1. The molecule has 0 aromatic carbocycles. The zero-order chi connectivity index (χ0) is 12.0. The maximum absolute atomic E-state index is 11.8. The summed E-state index contributed by atoms with van der Waals surface area (Å²) in [5, 5.41) is 3.47. The fraction of sp³-hybridized carbons (Fsp3) is 0.909. The average Bonchev–Trinajstić information content (AvgIpc) is 2.42. The van der Waals surface area contributed by atoms with E-state index in [-0.39, 0.29) is 5.91 Å². The van der Waals surface area contributed by atoms with Gasteiger partial charge in [-0.05, 0) is 30.2 Å². The number of rotatable bonds is 4. The van der Waals surface area contributed by atoms with Crippen LogP contribution in [0.5, 0.6) is 0 Å². The number of amides is 1. The van der Waals surface area contributed by atoms with Gasteiger partial charge < -0.3 is 4.90 Å². The Morgan fingerprint density at radius 1 is 1.56 bits per heavy atom. The van der Waals surface area contributed by atoms with Gasteiger partial charge in [0.1, 0.15) is 0 Å². The number of hydrogen-bond acceptors (Lipinski definition) is 2. The van der Waals surface area contributed by atoms with E-state index in [9.17, 15) is 4.79 Å². The first-order chi connectivity index (χ1) is 7.65. The molecule has 1 fully saturated rings. The first kappa shape index (κ1) is 12.8. The first-order valence-electron chi connectivity index (χ1n) is 5.93. The van der Waals surface area contributed by atoms with Crippen molar-refractivity contribution in [1.29, 1.82) is 0 Å². The Balaban J connectivity index is 2.47. The summed E-state index contributed by atoms with van der Waals surface area (Å²) >= 11 is 0. The van der Waals surface area contributed by atoms with Crippen molar-refractivity contribution in [2.75, 3.05) is 19.6 Å². The minimum absolute atomic E-state index is 0.205. The molecule has 1 unspecified atom stereocenters.